The normalized spacial score (nSPS) is 11.8. The Morgan fingerprint density at radius 1 is 1.19 bits per heavy atom. The molecular weight excluding hydrogens is 358 g/mol. The van der Waals surface area contributed by atoms with Gasteiger partial charge in [-0.1, -0.05) is 48.2 Å². The molecule has 1 aromatic heterocycles. The number of nitrogens with zero attached hydrogens (tertiary/aromatic N) is 3. The number of methoxy groups -OCH3 is 1. The number of allylic oxidation sites excluding steroid dienone is 1. The Bertz CT molecular complexity index is 920. The summed E-state index contributed by atoms with van der Waals surface area (Å²) in [7, 11) is 1.60. The average Bonchev–Trinajstić information content (AvgIpc) is 3.10. The fourth-order valence-corrected chi connectivity index (χ4v) is 3.61. The van der Waals surface area contributed by atoms with Crippen LogP contribution in [0.2, 0.25) is 0 Å². The molecule has 27 heavy (non-hydrogen) atoms. The molecule has 1 atom stereocenters. The monoisotopic (exact) mass is 379 g/mol. The summed E-state index contributed by atoms with van der Waals surface area (Å²) in [6.45, 7) is 6.28. The number of carbonyl (C=O) groups excluding carboxylic acids is 1. The Morgan fingerprint density at radius 2 is 1.89 bits per heavy atom. The van der Waals surface area contributed by atoms with Crippen molar-refractivity contribution in [1.82, 2.24) is 14.8 Å². The molecule has 0 fully saturated rings. The van der Waals surface area contributed by atoms with Gasteiger partial charge in [0.25, 0.3) is 0 Å². The summed E-state index contributed by atoms with van der Waals surface area (Å²) in [5.41, 5.74) is 1.63. The maximum Gasteiger partial charge on any atom is 0.192 e. The number of hydrogen-bond donors (Lipinski definition) is 0. The molecule has 0 spiro atoms. The average molecular weight is 379 g/mol. The Balaban J connectivity index is 1.82. The van der Waals surface area contributed by atoms with Crippen molar-refractivity contribution >= 4 is 17.5 Å². The first-order chi connectivity index (χ1) is 13.1. The van der Waals surface area contributed by atoms with Crippen LogP contribution in [0.5, 0.6) is 5.75 Å². The third-order valence-electron chi connectivity index (χ3n) is 4.09. The number of Topliss-reactive ketones (excluding diaryl/α,β-unsaturated/α-hetero) is 1. The molecule has 0 aliphatic heterocycles. The summed E-state index contributed by atoms with van der Waals surface area (Å²) >= 11 is 1.40. The van der Waals surface area contributed by atoms with E-state index in [0.29, 0.717) is 17.3 Å². The highest BCUT2D eigenvalue weighted by molar-refractivity contribution is 8.00. The summed E-state index contributed by atoms with van der Waals surface area (Å²) in [6, 6.07) is 17.0. The van der Waals surface area contributed by atoms with Gasteiger partial charge in [0.1, 0.15) is 5.75 Å². The first-order valence-corrected chi connectivity index (χ1v) is 9.46. The lowest BCUT2D eigenvalue weighted by atomic mass is 10.1. The Kier molecular flexibility index (Phi) is 6.08. The first kappa shape index (κ1) is 18.9. The van der Waals surface area contributed by atoms with Crippen LogP contribution in [0.1, 0.15) is 17.3 Å². The Morgan fingerprint density at radius 3 is 2.52 bits per heavy atom. The molecule has 0 saturated heterocycles. The fraction of sp³-hybridized carbons (Fsp3) is 0.190. The molecule has 138 valence electrons. The zero-order valence-corrected chi connectivity index (χ0v) is 16.1. The molecule has 2 aromatic carbocycles. The van der Waals surface area contributed by atoms with E-state index < -0.39 is 0 Å². The second-order valence-electron chi connectivity index (χ2n) is 5.92. The molecule has 0 saturated carbocycles. The molecule has 0 aliphatic rings. The van der Waals surface area contributed by atoms with Gasteiger partial charge in [-0.2, -0.15) is 0 Å². The number of ketones is 1. The van der Waals surface area contributed by atoms with Crippen LogP contribution >= 0.6 is 11.8 Å². The molecular formula is C21H21N3O2S. The summed E-state index contributed by atoms with van der Waals surface area (Å²) in [5, 5.41) is 9.04. The van der Waals surface area contributed by atoms with E-state index in [4.69, 9.17) is 4.74 Å². The van der Waals surface area contributed by atoms with Gasteiger partial charge in [0.05, 0.1) is 12.4 Å². The van der Waals surface area contributed by atoms with Crippen molar-refractivity contribution in [3.05, 3.63) is 72.8 Å². The van der Waals surface area contributed by atoms with Crippen LogP contribution in [-0.4, -0.2) is 32.9 Å². The van der Waals surface area contributed by atoms with Crippen molar-refractivity contribution in [2.24, 2.45) is 0 Å². The summed E-state index contributed by atoms with van der Waals surface area (Å²) < 4.78 is 7.12. The Labute approximate surface area is 163 Å². The SMILES string of the molecule is C=CCn1c(S[C@H](C)C(=O)c2ccc(OC)cc2)nnc1-c1ccccc1. The van der Waals surface area contributed by atoms with Crippen molar-refractivity contribution in [1.29, 1.82) is 0 Å². The molecule has 1 heterocycles. The third-order valence-corrected chi connectivity index (χ3v) is 5.17. The standard InChI is InChI=1S/C21H21N3O2S/c1-4-14-24-20(17-8-6-5-7-9-17)22-23-21(24)27-15(2)19(25)16-10-12-18(26-3)13-11-16/h4-13,15H,1,14H2,2-3H3/t15-/m1/s1. The molecule has 0 N–H and O–H groups in total. The van der Waals surface area contributed by atoms with Crippen molar-refractivity contribution in [3.8, 4) is 17.1 Å². The number of ether oxygens (including phenoxy) is 1. The quantitative estimate of drug-likeness (QED) is 0.328. The van der Waals surface area contributed by atoms with Gasteiger partial charge in [0.15, 0.2) is 16.8 Å². The Hall–Kier alpha value is -2.86. The van der Waals surface area contributed by atoms with Crippen LogP contribution in [0.4, 0.5) is 0 Å². The minimum atomic E-state index is -0.296. The largest absolute Gasteiger partial charge is 0.497 e. The lowest BCUT2D eigenvalue weighted by molar-refractivity contribution is 0.0994. The van der Waals surface area contributed by atoms with Gasteiger partial charge in [0.2, 0.25) is 0 Å². The van der Waals surface area contributed by atoms with E-state index in [2.05, 4.69) is 16.8 Å². The molecule has 0 bridgehead atoms. The molecule has 3 aromatic rings. The van der Waals surface area contributed by atoms with Crippen molar-refractivity contribution < 1.29 is 9.53 Å². The van der Waals surface area contributed by atoms with Crippen LogP contribution in [0.25, 0.3) is 11.4 Å². The first-order valence-electron chi connectivity index (χ1n) is 8.58. The lowest BCUT2D eigenvalue weighted by Gasteiger charge is -2.12. The van der Waals surface area contributed by atoms with E-state index in [0.717, 1.165) is 17.1 Å². The lowest BCUT2D eigenvalue weighted by Crippen LogP contribution is -2.14. The minimum absolute atomic E-state index is 0.0390. The van der Waals surface area contributed by atoms with E-state index in [1.54, 1.807) is 37.5 Å². The smallest absolute Gasteiger partial charge is 0.192 e. The highest BCUT2D eigenvalue weighted by Gasteiger charge is 2.21. The zero-order valence-electron chi connectivity index (χ0n) is 15.3. The molecule has 0 amide bonds. The van der Waals surface area contributed by atoms with Crippen LogP contribution in [-0.2, 0) is 6.54 Å². The predicted octanol–water partition coefficient (Wildman–Crippen LogP) is 4.50. The summed E-state index contributed by atoms with van der Waals surface area (Å²) in [6.07, 6.45) is 1.80. The van der Waals surface area contributed by atoms with E-state index in [-0.39, 0.29) is 11.0 Å². The second-order valence-corrected chi connectivity index (χ2v) is 7.23. The van der Waals surface area contributed by atoms with Gasteiger partial charge >= 0.3 is 0 Å². The number of aromatic nitrogens is 3. The molecule has 0 aliphatic carbocycles. The fourth-order valence-electron chi connectivity index (χ4n) is 2.67. The van der Waals surface area contributed by atoms with Gasteiger partial charge in [0, 0.05) is 17.7 Å². The van der Waals surface area contributed by atoms with E-state index >= 15 is 0 Å². The molecule has 0 unspecified atom stereocenters. The molecule has 6 heteroatoms. The predicted molar refractivity (Wildman–Crippen MR) is 108 cm³/mol. The topological polar surface area (TPSA) is 57.0 Å². The molecule has 3 rings (SSSR count). The van der Waals surface area contributed by atoms with Crippen molar-refractivity contribution in [3.63, 3.8) is 0 Å². The van der Waals surface area contributed by atoms with E-state index in [1.165, 1.54) is 11.8 Å². The number of thioether (sulfide) groups is 1. The van der Waals surface area contributed by atoms with Crippen LogP contribution in [0, 0.1) is 0 Å². The van der Waals surface area contributed by atoms with Gasteiger partial charge in [-0.25, -0.2) is 0 Å². The van der Waals surface area contributed by atoms with Crippen LogP contribution in [0.3, 0.4) is 0 Å². The van der Waals surface area contributed by atoms with Gasteiger partial charge in [-0.05, 0) is 31.2 Å². The van der Waals surface area contributed by atoms with Crippen molar-refractivity contribution in [2.75, 3.05) is 7.11 Å². The van der Waals surface area contributed by atoms with Gasteiger partial charge < -0.3 is 4.74 Å². The highest BCUT2D eigenvalue weighted by atomic mass is 32.2. The maximum atomic E-state index is 12.8. The molecule has 0 radical (unpaired) electrons. The number of rotatable bonds is 8. The minimum Gasteiger partial charge on any atom is -0.497 e. The van der Waals surface area contributed by atoms with E-state index in [1.807, 2.05) is 41.8 Å². The van der Waals surface area contributed by atoms with Crippen LogP contribution in [0.15, 0.2) is 72.4 Å². The summed E-state index contributed by atoms with van der Waals surface area (Å²) in [5.74, 6) is 1.53. The van der Waals surface area contributed by atoms with Gasteiger partial charge in [-0.3, -0.25) is 9.36 Å². The van der Waals surface area contributed by atoms with Gasteiger partial charge in [-0.15, -0.1) is 16.8 Å². The number of hydrogen-bond acceptors (Lipinski definition) is 5. The maximum absolute atomic E-state index is 12.8. The van der Waals surface area contributed by atoms with E-state index in [9.17, 15) is 4.79 Å². The number of benzene rings is 2. The third kappa shape index (κ3) is 4.28. The van der Waals surface area contributed by atoms with Crippen molar-refractivity contribution in [2.45, 2.75) is 23.9 Å². The van der Waals surface area contributed by atoms with Crippen LogP contribution < -0.4 is 4.74 Å². The number of carbonyl (C=O) groups is 1. The second kappa shape index (κ2) is 8.68. The summed E-state index contributed by atoms with van der Waals surface area (Å²) in [4.78, 5) is 12.8. The zero-order chi connectivity index (χ0) is 19.2. The highest BCUT2D eigenvalue weighted by Crippen LogP contribution is 2.28. The molecule has 5 nitrogen and oxygen atoms in total.